The van der Waals surface area contributed by atoms with Crippen LogP contribution in [-0.4, -0.2) is 25.3 Å². The lowest BCUT2D eigenvalue weighted by atomic mass is 9.79. The number of carbonyl (C=O) groups excluding carboxylic acids is 1. The molecule has 0 saturated heterocycles. The third-order valence-electron chi connectivity index (χ3n) is 4.32. The van der Waals surface area contributed by atoms with Crippen LogP contribution in [0.15, 0.2) is 12.1 Å². The summed E-state index contributed by atoms with van der Waals surface area (Å²) in [5, 5.41) is 1.08. The molecule has 0 aliphatic heterocycles. The van der Waals surface area contributed by atoms with Gasteiger partial charge in [0.05, 0.1) is 14.2 Å². The predicted molar refractivity (Wildman–Crippen MR) is 99.5 cm³/mol. The fourth-order valence-electron chi connectivity index (χ4n) is 2.81. The Morgan fingerprint density at radius 2 is 1.57 bits per heavy atom. The van der Waals surface area contributed by atoms with E-state index in [1.54, 1.807) is 14.2 Å². The van der Waals surface area contributed by atoms with E-state index in [0.29, 0.717) is 17.1 Å². The summed E-state index contributed by atoms with van der Waals surface area (Å²) in [7, 11) is 3.19. The van der Waals surface area contributed by atoms with Crippen molar-refractivity contribution in [3.63, 3.8) is 0 Å². The zero-order valence-electron chi connectivity index (χ0n) is 15.0. The zero-order valence-corrected chi connectivity index (χ0v) is 16.6. The summed E-state index contributed by atoms with van der Waals surface area (Å²) in [6.07, 6.45) is 6.03. The number of ketones is 1. The van der Waals surface area contributed by atoms with Crippen molar-refractivity contribution < 1.29 is 14.3 Å². The van der Waals surface area contributed by atoms with Gasteiger partial charge in [-0.25, -0.2) is 0 Å². The van der Waals surface area contributed by atoms with Crippen LogP contribution in [-0.2, 0) is 5.41 Å². The first kappa shape index (κ1) is 20.0. The van der Waals surface area contributed by atoms with Crippen molar-refractivity contribution >= 4 is 21.7 Å². The summed E-state index contributed by atoms with van der Waals surface area (Å²) in [6, 6.07) is 3.97. The number of benzene rings is 1. The number of methoxy groups -OCH3 is 2. The molecule has 130 valence electrons. The van der Waals surface area contributed by atoms with Crippen LogP contribution in [0.5, 0.6) is 11.5 Å². The summed E-state index contributed by atoms with van der Waals surface area (Å²) in [4.78, 5) is 11.9. The van der Waals surface area contributed by atoms with Crippen LogP contribution >= 0.6 is 15.9 Å². The van der Waals surface area contributed by atoms with E-state index in [2.05, 4.69) is 29.8 Å². The maximum atomic E-state index is 11.9. The van der Waals surface area contributed by atoms with Crippen molar-refractivity contribution in [1.82, 2.24) is 0 Å². The Balaban J connectivity index is 2.99. The number of hydrogen-bond acceptors (Lipinski definition) is 3. The molecular formula is C19H29BrO3. The van der Waals surface area contributed by atoms with Crippen LogP contribution in [0, 0.1) is 0 Å². The van der Waals surface area contributed by atoms with Gasteiger partial charge in [-0.05, 0) is 42.9 Å². The fraction of sp³-hybridized carbons (Fsp3) is 0.632. The summed E-state index contributed by atoms with van der Waals surface area (Å²) in [5.41, 5.74) is 1.69. The van der Waals surface area contributed by atoms with Gasteiger partial charge >= 0.3 is 0 Å². The number of hydrogen-bond donors (Lipinski definition) is 0. The topological polar surface area (TPSA) is 35.5 Å². The molecular weight excluding hydrogens is 356 g/mol. The highest BCUT2D eigenvalue weighted by atomic mass is 79.9. The molecule has 0 atom stereocenters. The van der Waals surface area contributed by atoms with Gasteiger partial charge in [-0.2, -0.15) is 0 Å². The van der Waals surface area contributed by atoms with Gasteiger partial charge in [0.25, 0.3) is 0 Å². The molecule has 0 N–H and O–H groups in total. The number of carbonyl (C=O) groups is 1. The predicted octanol–water partition coefficient (Wildman–Crippen LogP) is 5.53. The molecule has 0 aliphatic rings. The number of unbranched alkanes of at least 4 members (excludes halogenated alkanes) is 3. The highest BCUT2D eigenvalue weighted by molar-refractivity contribution is 9.09. The lowest BCUT2D eigenvalue weighted by Gasteiger charge is -2.27. The first-order chi connectivity index (χ1) is 10.9. The molecule has 0 saturated carbocycles. The molecule has 1 rings (SSSR count). The number of halogens is 1. The molecule has 23 heavy (non-hydrogen) atoms. The summed E-state index contributed by atoms with van der Waals surface area (Å²) >= 11 is 3.47. The van der Waals surface area contributed by atoms with E-state index >= 15 is 0 Å². The minimum atomic E-state index is -0.0437. The van der Waals surface area contributed by atoms with Crippen molar-refractivity contribution in [3.8, 4) is 11.5 Å². The van der Waals surface area contributed by atoms with E-state index in [9.17, 15) is 4.79 Å². The minimum absolute atomic E-state index is 0.0181. The molecule has 0 aliphatic carbocycles. The largest absolute Gasteiger partial charge is 0.496 e. The van der Waals surface area contributed by atoms with Crippen LogP contribution in [0.3, 0.4) is 0 Å². The van der Waals surface area contributed by atoms with E-state index in [0.717, 1.165) is 17.3 Å². The maximum absolute atomic E-state index is 11.9. The molecule has 0 unspecified atom stereocenters. The number of Topliss-reactive ketones (excluding diaryl/α,β-unsaturated/α-hetero) is 1. The van der Waals surface area contributed by atoms with E-state index in [-0.39, 0.29) is 11.2 Å². The average Bonchev–Trinajstić information content (AvgIpc) is 2.52. The van der Waals surface area contributed by atoms with Crippen LogP contribution < -0.4 is 9.47 Å². The molecule has 0 amide bonds. The van der Waals surface area contributed by atoms with Crippen molar-refractivity contribution in [1.29, 1.82) is 0 Å². The van der Waals surface area contributed by atoms with E-state index in [1.807, 2.05) is 12.1 Å². The Labute approximate surface area is 148 Å². The number of ether oxygens (including phenoxy) is 2. The van der Waals surface area contributed by atoms with Crippen LogP contribution in [0.4, 0.5) is 0 Å². The zero-order chi connectivity index (χ0) is 17.5. The van der Waals surface area contributed by atoms with Gasteiger partial charge in [0.1, 0.15) is 17.1 Å². The Hall–Kier alpha value is -1.03. The second-order valence-corrected chi connectivity index (χ2v) is 7.34. The monoisotopic (exact) mass is 384 g/mol. The lowest BCUT2D eigenvalue weighted by Crippen LogP contribution is -2.18. The SMILES string of the molecule is COc1cc(C(C)(C)CCCCCCBr)cc(OC)c1C(C)=O. The van der Waals surface area contributed by atoms with Crippen LogP contribution in [0.2, 0.25) is 0 Å². The summed E-state index contributed by atoms with van der Waals surface area (Å²) < 4.78 is 10.9. The van der Waals surface area contributed by atoms with E-state index < -0.39 is 0 Å². The summed E-state index contributed by atoms with van der Waals surface area (Å²) in [6.45, 7) is 6.01. The lowest BCUT2D eigenvalue weighted by molar-refractivity contribution is 0.101. The minimum Gasteiger partial charge on any atom is -0.496 e. The Morgan fingerprint density at radius 3 is 2.00 bits per heavy atom. The quantitative estimate of drug-likeness (QED) is 0.302. The molecule has 1 aromatic rings. The number of alkyl halides is 1. The van der Waals surface area contributed by atoms with Gasteiger partial charge in [-0.15, -0.1) is 0 Å². The number of rotatable bonds is 10. The molecule has 0 radical (unpaired) electrons. The molecule has 3 nitrogen and oxygen atoms in total. The fourth-order valence-corrected chi connectivity index (χ4v) is 3.21. The summed E-state index contributed by atoms with van der Waals surface area (Å²) in [5.74, 6) is 1.15. The van der Waals surface area contributed by atoms with E-state index in [4.69, 9.17) is 9.47 Å². The second kappa shape index (κ2) is 9.31. The Kier molecular flexibility index (Phi) is 8.10. The third kappa shape index (κ3) is 5.52. The van der Waals surface area contributed by atoms with Crippen molar-refractivity contribution in [2.45, 2.75) is 58.3 Å². The second-order valence-electron chi connectivity index (χ2n) is 6.55. The van der Waals surface area contributed by atoms with Gasteiger partial charge in [0, 0.05) is 5.33 Å². The van der Waals surface area contributed by atoms with Crippen LogP contribution in [0.25, 0.3) is 0 Å². The molecule has 0 bridgehead atoms. The molecule has 4 heteroatoms. The van der Waals surface area contributed by atoms with Gasteiger partial charge < -0.3 is 9.47 Å². The molecule has 0 fully saturated rings. The smallest absolute Gasteiger partial charge is 0.167 e. The average molecular weight is 385 g/mol. The Bertz CT molecular complexity index is 498. The van der Waals surface area contributed by atoms with Crippen molar-refractivity contribution in [3.05, 3.63) is 23.3 Å². The molecule has 0 heterocycles. The van der Waals surface area contributed by atoms with Gasteiger partial charge in [0.15, 0.2) is 5.78 Å². The highest BCUT2D eigenvalue weighted by Gasteiger charge is 2.25. The molecule has 0 aromatic heterocycles. The van der Waals surface area contributed by atoms with Crippen molar-refractivity contribution in [2.75, 3.05) is 19.5 Å². The molecule has 1 aromatic carbocycles. The van der Waals surface area contributed by atoms with Crippen molar-refractivity contribution in [2.24, 2.45) is 0 Å². The molecule has 0 spiro atoms. The third-order valence-corrected chi connectivity index (χ3v) is 4.89. The first-order valence-electron chi connectivity index (χ1n) is 8.20. The first-order valence-corrected chi connectivity index (χ1v) is 9.33. The van der Waals surface area contributed by atoms with Gasteiger partial charge in [-0.3, -0.25) is 4.79 Å². The standard InChI is InChI=1S/C19H29BrO3/c1-14(21)18-16(22-4)12-15(13-17(18)23-5)19(2,3)10-8-6-7-9-11-20/h12-13H,6-11H2,1-5H3. The maximum Gasteiger partial charge on any atom is 0.167 e. The van der Waals surface area contributed by atoms with Gasteiger partial charge in [-0.1, -0.05) is 49.0 Å². The highest BCUT2D eigenvalue weighted by Crippen LogP contribution is 2.38. The normalized spacial score (nSPS) is 11.4. The Morgan fingerprint density at radius 1 is 1.04 bits per heavy atom. The van der Waals surface area contributed by atoms with Crippen LogP contribution in [0.1, 0.15) is 68.8 Å². The van der Waals surface area contributed by atoms with E-state index in [1.165, 1.54) is 32.6 Å². The van der Waals surface area contributed by atoms with Gasteiger partial charge in [0.2, 0.25) is 0 Å².